The van der Waals surface area contributed by atoms with Gasteiger partial charge in [0.25, 0.3) is 0 Å². The summed E-state index contributed by atoms with van der Waals surface area (Å²) in [5.41, 5.74) is 0.141. The minimum atomic E-state index is -4.60. The zero-order valence-corrected chi connectivity index (χ0v) is 14.0. The largest absolute Gasteiger partial charge is 0.418 e. The molecule has 4 rings (SSSR count). The number of aryl methyl sites for hydroxylation is 2. The maximum Gasteiger partial charge on any atom is 0.418 e. The van der Waals surface area contributed by atoms with Gasteiger partial charge in [-0.05, 0) is 26.0 Å². The Morgan fingerprint density at radius 1 is 1.15 bits per heavy atom. The van der Waals surface area contributed by atoms with Crippen molar-refractivity contribution >= 4 is 16.6 Å². The summed E-state index contributed by atoms with van der Waals surface area (Å²) < 4.78 is 42.4. The lowest BCUT2D eigenvalue weighted by Crippen LogP contribution is -2.19. The van der Waals surface area contributed by atoms with E-state index in [1.165, 1.54) is 12.1 Å². The second-order valence-electron chi connectivity index (χ2n) is 6.00. The van der Waals surface area contributed by atoms with Crippen molar-refractivity contribution in [2.24, 2.45) is 7.05 Å². The molecule has 0 unspecified atom stereocenters. The smallest absolute Gasteiger partial charge is 0.305 e. The first kappa shape index (κ1) is 16.3. The molecule has 7 nitrogen and oxygen atoms in total. The van der Waals surface area contributed by atoms with Crippen LogP contribution in [-0.2, 0) is 13.2 Å². The average molecular weight is 362 g/mol. The molecule has 10 heteroatoms. The zero-order valence-electron chi connectivity index (χ0n) is 14.0. The second kappa shape index (κ2) is 5.16. The molecule has 134 valence electrons. The van der Waals surface area contributed by atoms with E-state index in [1.807, 2.05) is 6.92 Å². The molecule has 0 aliphatic carbocycles. The maximum absolute atomic E-state index is 13.3. The van der Waals surface area contributed by atoms with Crippen molar-refractivity contribution in [1.82, 2.24) is 29.4 Å². The Hall–Kier alpha value is -3.17. The number of nitrogens with one attached hydrogen (secondary N) is 1. The first-order valence-electron chi connectivity index (χ1n) is 7.68. The van der Waals surface area contributed by atoms with E-state index in [4.69, 9.17) is 0 Å². The molecule has 26 heavy (non-hydrogen) atoms. The van der Waals surface area contributed by atoms with Crippen molar-refractivity contribution in [2.75, 3.05) is 0 Å². The van der Waals surface area contributed by atoms with Crippen molar-refractivity contribution in [1.29, 1.82) is 0 Å². The van der Waals surface area contributed by atoms with Gasteiger partial charge in [0.15, 0.2) is 11.5 Å². The Morgan fingerprint density at radius 3 is 2.50 bits per heavy atom. The molecule has 0 amide bonds. The molecule has 0 bridgehead atoms. The molecule has 0 aliphatic heterocycles. The van der Waals surface area contributed by atoms with E-state index in [-0.39, 0.29) is 22.4 Å². The van der Waals surface area contributed by atoms with Crippen LogP contribution < -0.4 is 5.69 Å². The third kappa shape index (κ3) is 2.21. The lowest BCUT2D eigenvalue weighted by Gasteiger charge is -2.09. The Labute approximate surface area is 144 Å². The van der Waals surface area contributed by atoms with Crippen LogP contribution in [0.4, 0.5) is 13.2 Å². The van der Waals surface area contributed by atoms with Crippen LogP contribution in [0.5, 0.6) is 0 Å². The van der Waals surface area contributed by atoms with Gasteiger partial charge in [0.05, 0.1) is 22.3 Å². The van der Waals surface area contributed by atoms with E-state index >= 15 is 0 Å². The topological polar surface area (TPSA) is 80.9 Å². The van der Waals surface area contributed by atoms with E-state index in [0.717, 1.165) is 16.3 Å². The lowest BCUT2D eigenvalue weighted by molar-refractivity contribution is -0.136. The molecule has 3 heterocycles. The predicted octanol–water partition coefficient (Wildman–Crippen LogP) is 2.61. The van der Waals surface area contributed by atoms with Crippen molar-refractivity contribution in [3.8, 4) is 11.4 Å². The number of rotatable bonds is 1. The summed E-state index contributed by atoms with van der Waals surface area (Å²) >= 11 is 0. The van der Waals surface area contributed by atoms with Crippen molar-refractivity contribution in [3.05, 3.63) is 45.6 Å². The fourth-order valence-corrected chi connectivity index (χ4v) is 3.10. The minimum Gasteiger partial charge on any atom is -0.305 e. The van der Waals surface area contributed by atoms with Crippen LogP contribution in [0.2, 0.25) is 0 Å². The molecular formula is C16H13F3N6O. The number of halogens is 3. The van der Waals surface area contributed by atoms with Crippen LogP contribution in [0.1, 0.15) is 17.0 Å². The third-order valence-electron chi connectivity index (χ3n) is 4.37. The lowest BCUT2D eigenvalue weighted by atomic mass is 10.1. The highest BCUT2D eigenvalue weighted by molar-refractivity contribution is 5.93. The number of alkyl halides is 3. The van der Waals surface area contributed by atoms with Gasteiger partial charge in [-0.2, -0.15) is 22.8 Å². The molecule has 0 atom stereocenters. The highest BCUT2D eigenvalue weighted by Crippen LogP contribution is 2.34. The number of aromatic nitrogens is 6. The van der Waals surface area contributed by atoms with Gasteiger partial charge >= 0.3 is 11.9 Å². The van der Waals surface area contributed by atoms with Crippen LogP contribution in [0.25, 0.3) is 27.9 Å². The van der Waals surface area contributed by atoms with Crippen LogP contribution in [0, 0.1) is 13.8 Å². The zero-order chi connectivity index (χ0) is 18.8. The average Bonchev–Trinajstić information content (AvgIpc) is 3.08. The molecule has 1 N–H and O–H groups in total. The van der Waals surface area contributed by atoms with Crippen molar-refractivity contribution < 1.29 is 13.2 Å². The molecule has 0 fully saturated rings. The number of hydrogen-bond acceptors (Lipinski definition) is 4. The Bertz CT molecular complexity index is 1230. The van der Waals surface area contributed by atoms with E-state index < -0.39 is 17.4 Å². The summed E-state index contributed by atoms with van der Waals surface area (Å²) in [4.78, 5) is 18.9. The normalized spacial score (nSPS) is 12.4. The molecule has 4 aromatic rings. The van der Waals surface area contributed by atoms with Crippen molar-refractivity contribution in [3.63, 3.8) is 0 Å². The molecule has 1 aromatic carbocycles. The molecule has 0 saturated carbocycles. The summed E-state index contributed by atoms with van der Waals surface area (Å²) in [7, 11) is 1.76. The summed E-state index contributed by atoms with van der Waals surface area (Å²) in [5, 5.41) is 8.63. The van der Waals surface area contributed by atoms with Crippen molar-refractivity contribution in [2.45, 2.75) is 20.0 Å². The van der Waals surface area contributed by atoms with Crippen LogP contribution in [-0.4, -0.2) is 29.4 Å². The van der Waals surface area contributed by atoms with E-state index in [2.05, 4.69) is 20.2 Å². The number of aromatic amines is 1. The van der Waals surface area contributed by atoms with E-state index in [0.29, 0.717) is 11.3 Å². The van der Waals surface area contributed by atoms with Gasteiger partial charge in [0.1, 0.15) is 0 Å². The number of nitrogens with zero attached hydrogens (tertiary/aromatic N) is 5. The first-order chi connectivity index (χ1) is 12.2. The molecular weight excluding hydrogens is 349 g/mol. The van der Waals surface area contributed by atoms with Gasteiger partial charge in [0.2, 0.25) is 0 Å². The summed E-state index contributed by atoms with van der Waals surface area (Å²) in [6.45, 7) is 3.60. The SMILES string of the molecule is Cc1nn(C)c(C)c1-c1nc2c3cccc(C(F)(F)F)c3[nH]c(=O)n2n1. The molecule has 0 radical (unpaired) electrons. The van der Waals surface area contributed by atoms with E-state index in [1.54, 1.807) is 18.7 Å². The first-order valence-corrected chi connectivity index (χ1v) is 7.68. The number of hydrogen-bond donors (Lipinski definition) is 1. The molecule has 0 saturated heterocycles. The van der Waals surface area contributed by atoms with Gasteiger partial charge in [0, 0.05) is 18.1 Å². The summed E-state index contributed by atoms with van der Waals surface area (Å²) in [6.07, 6.45) is -4.60. The van der Waals surface area contributed by atoms with E-state index in [9.17, 15) is 18.0 Å². The molecule has 3 aromatic heterocycles. The van der Waals surface area contributed by atoms with Gasteiger partial charge in [-0.1, -0.05) is 6.07 Å². The van der Waals surface area contributed by atoms with Crippen LogP contribution >= 0.6 is 0 Å². The Morgan fingerprint density at radius 2 is 1.88 bits per heavy atom. The second-order valence-corrected chi connectivity index (χ2v) is 6.00. The van der Waals surface area contributed by atoms with Crippen LogP contribution in [0.15, 0.2) is 23.0 Å². The molecule has 0 spiro atoms. The Balaban J connectivity index is 2.10. The monoisotopic (exact) mass is 362 g/mol. The predicted molar refractivity (Wildman–Crippen MR) is 87.8 cm³/mol. The maximum atomic E-state index is 13.3. The number of fused-ring (bicyclic) bond motifs is 3. The van der Waals surface area contributed by atoms with Gasteiger partial charge in [-0.3, -0.25) is 4.68 Å². The fourth-order valence-electron chi connectivity index (χ4n) is 3.10. The van der Waals surface area contributed by atoms with Gasteiger partial charge in [-0.15, -0.1) is 5.10 Å². The number of benzene rings is 1. The van der Waals surface area contributed by atoms with Gasteiger partial charge in [-0.25, -0.2) is 9.78 Å². The summed E-state index contributed by atoms with van der Waals surface area (Å²) in [5.74, 6) is 0.239. The molecule has 0 aliphatic rings. The quantitative estimate of drug-likeness (QED) is 0.564. The fraction of sp³-hybridized carbons (Fsp3) is 0.250. The highest BCUT2D eigenvalue weighted by Gasteiger charge is 2.33. The number of para-hydroxylation sites is 1. The number of H-pyrrole nitrogens is 1. The highest BCUT2D eigenvalue weighted by atomic mass is 19.4. The third-order valence-corrected chi connectivity index (χ3v) is 4.37. The minimum absolute atomic E-state index is 0.0625. The van der Waals surface area contributed by atoms with Crippen LogP contribution in [0.3, 0.4) is 0 Å². The standard InChI is InChI=1S/C16H13F3N6O/c1-7-11(8(2)24(3)22-7)13-21-14-9-5-4-6-10(16(17,18)19)12(9)20-15(26)25(14)23-13/h4-6H,1-3H3,(H,20,26). The summed E-state index contributed by atoms with van der Waals surface area (Å²) in [6, 6.07) is 3.66. The van der Waals surface area contributed by atoms with Gasteiger partial charge < -0.3 is 4.98 Å². The Kier molecular flexibility index (Phi) is 3.24.